The minimum atomic E-state index is -0.160. The first-order chi connectivity index (χ1) is 11.2. The number of nitrogens with zero attached hydrogens (tertiary/aromatic N) is 1. The van der Waals surface area contributed by atoms with Crippen molar-refractivity contribution in [2.75, 3.05) is 19.6 Å². The van der Waals surface area contributed by atoms with Crippen molar-refractivity contribution in [3.63, 3.8) is 0 Å². The zero-order chi connectivity index (χ0) is 16.7. The zero-order valence-electron chi connectivity index (χ0n) is 14.6. The highest BCUT2D eigenvalue weighted by molar-refractivity contribution is 5.88. The molecule has 2 aliphatic rings. The normalized spacial score (nSPS) is 26.1. The highest BCUT2D eigenvalue weighted by Crippen LogP contribution is 2.32. The molecule has 3 unspecified atom stereocenters. The lowest BCUT2D eigenvalue weighted by atomic mass is 9.77. The molecule has 0 aromatic rings. The van der Waals surface area contributed by atoms with E-state index in [0.717, 1.165) is 70.9 Å². The molecule has 0 aromatic heterocycles. The van der Waals surface area contributed by atoms with E-state index in [1.165, 1.54) is 0 Å². The maximum Gasteiger partial charge on any atom is 0.226 e. The minimum Gasteiger partial charge on any atom is -0.352 e. The predicted molar refractivity (Wildman–Crippen MR) is 91.8 cm³/mol. The van der Waals surface area contributed by atoms with Crippen LogP contribution in [0, 0.1) is 11.8 Å². The van der Waals surface area contributed by atoms with Gasteiger partial charge < -0.3 is 16.0 Å². The molecule has 1 saturated carbocycles. The summed E-state index contributed by atoms with van der Waals surface area (Å²) in [5, 5.41) is 3.11. The highest BCUT2D eigenvalue weighted by Gasteiger charge is 2.38. The van der Waals surface area contributed by atoms with Crippen molar-refractivity contribution in [1.29, 1.82) is 0 Å². The van der Waals surface area contributed by atoms with Crippen LogP contribution in [-0.4, -0.2) is 42.4 Å². The fraction of sp³-hybridized carbons (Fsp3) is 0.889. The number of nitrogens with one attached hydrogen (secondary N) is 1. The molecule has 0 radical (unpaired) electrons. The Hall–Kier alpha value is -1.10. The average Bonchev–Trinajstić information content (AvgIpc) is 3.12. The lowest BCUT2D eigenvalue weighted by Crippen LogP contribution is -2.48. The van der Waals surface area contributed by atoms with E-state index in [4.69, 9.17) is 5.73 Å². The van der Waals surface area contributed by atoms with Gasteiger partial charge in [-0.3, -0.25) is 9.59 Å². The Morgan fingerprint density at radius 1 is 1.13 bits per heavy atom. The second kappa shape index (κ2) is 9.26. The van der Waals surface area contributed by atoms with Gasteiger partial charge in [0, 0.05) is 37.5 Å². The summed E-state index contributed by atoms with van der Waals surface area (Å²) in [7, 11) is 0. The lowest BCUT2D eigenvalue weighted by molar-refractivity contribution is -0.143. The number of nitrogens with two attached hydrogens (primary N) is 1. The molecule has 2 amide bonds. The van der Waals surface area contributed by atoms with E-state index in [9.17, 15) is 9.59 Å². The van der Waals surface area contributed by atoms with Gasteiger partial charge in [0.2, 0.25) is 11.8 Å². The monoisotopic (exact) mass is 323 g/mol. The van der Waals surface area contributed by atoms with Gasteiger partial charge in [0.05, 0.1) is 0 Å². The van der Waals surface area contributed by atoms with Crippen LogP contribution in [0.1, 0.15) is 64.7 Å². The van der Waals surface area contributed by atoms with Crippen LogP contribution in [0.4, 0.5) is 0 Å². The summed E-state index contributed by atoms with van der Waals surface area (Å²) < 4.78 is 0. The third-order valence-electron chi connectivity index (χ3n) is 5.37. The van der Waals surface area contributed by atoms with Crippen molar-refractivity contribution in [1.82, 2.24) is 10.2 Å². The lowest BCUT2D eigenvalue weighted by Gasteiger charge is -2.33. The van der Waals surface area contributed by atoms with Gasteiger partial charge in [-0.2, -0.15) is 0 Å². The minimum absolute atomic E-state index is 0.0481. The first-order valence-corrected chi connectivity index (χ1v) is 9.46. The summed E-state index contributed by atoms with van der Waals surface area (Å²) in [4.78, 5) is 27.5. The predicted octanol–water partition coefficient (Wildman–Crippen LogP) is 2.05. The molecule has 0 aromatic carbocycles. The number of carbonyl (C=O) groups excluding carboxylic acids is 2. The van der Waals surface area contributed by atoms with E-state index in [-0.39, 0.29) is 29.7 Å². The summed E-state index contributed by atoms with van der Waals surface area (Å²) in [5.74, 6) is -0.0204. The summed E-state index contributed by atoms with van der Waals surface area (Å²) >= 11 is 0. The van der Waals surface area contributed by atoms with Crippen LogP contribution in [0.3, 0.4) is 0 Å². The number of likely N-dealkylation sites (tertiary alicyclic amines) is 1. The third-order valence-corrected chi connectivity index (χ3v) is 5.37. The van der Waals surface area contributed by atoms with Crippen LogP contribution in [0.25, 0.3) is 0 Å². The molecular formula is C18H33N3O2. The van der Waals surface area contributed by atoms with E-state index in [1.54, 1.807) is 0 Å². The largest absolute Gasteiger partial charge is 0.352 e. The Balaban J connectivity index is 1.96. The molecule has 1 aliphatic carbocycles. The van der Waals surface area contributed by atoms with Crippen molar-refractivity contribution in [2.24, 2.45) is 17.6 Å². The van der Waals surface area contributed by atoms with Gasteiger partial charge in [-0.05, 0) is 32.1 Å². The molecule has 1 heterocycles. The highest BCUT2D eigenvalue weighted by atomic mass is 16.2. The van der Waals surface area contributed by atoms with Gasteiger partial charge in [-0.25, -0.2) is 0 Å². The molecule has 2 fully saturated rings. The summed E-state index contributed by atoms with van der Waals surface area (Å²) in [6.07, 6.45) is 9.10. The van der Waals surface area contributed by atoms with Crippen LogP contribution in [-0.2, 0) is 9.59 Å². The number of unbranched alkanes of at least 4 members (excludes halogenated alkanes) is 1. The zero-order valence-corrected chi connectivity index (χ0v) is 14.6. The van der Waals surface area contributed by atoms with Gasteiger partial charge in [0.25, 0.3) is 0 Å². The van der Waals surface area contributed by atoms with Gasteiger partial charge >= 0.3 is 0 Å². The Morgan fingerprint density at radius 2 is 1.78 bits per heavy atom. The number of amides is 2. The second-order valence-electron chi connectivity index (χ2n) is 7.11. The number of rotatable bonds is 7. The number of hydrogen-bond donors (Lipinski definition) is 2. The molecule has 0 bridgehead atoms. The topological polar surface area (TPSA) is 75.4 Å². The molecule has 1 aliphatic heterocycles. The summed E-state index contributed by atoms with van der Waals surface area (Å²) in [6, 6.07) is 0.0481. The molecule has 2 rings (SSSR count). The van der Waals surface area contributed by atoms with Crippen molar-refractivity contribution in [3.05, 3.63) is 0 Å². The fourth-order valence-corrected chi connectivity index (χ4v) is 3.92. The molecule has 132 valence electrons. The van der Waals surface area contributed by atoms with Gasteiger partial charge in [-0.15, -0.1) is 0 Å². The van der Waals surface area contributed by atoms with Crippen LogP contribution in [0.2, 0.25) is 0 Å². The molecule has 0 spiro atoms. The van der Waals surface area contributed by atoms with Crippen LogP contribution >= 0.6 is 0 Å². The summed E-state index contributed by atoms with van der Waals surface area (Å²) in [5.41, 5.74) is 5.80. The SMILES string of the molecule is CCCCC(CN)NC(=O)C1CCCCC1C(=O)N1CCCC1. The van der Waals surface area contributed by atoms with E-state index in [0.29, 0.717) is 6.54 Å². The average molecular weight is 323 g/mol. The molecule has 3 N–H and O–H groups in total. The quantitative estimate of drug-likeness (QED) is 0.753. The van der Waals surface area contributed by atoms with Crippen LogP contribution in [0.15, 0.2) is 0 Å². The van der Waals surface area contributed by atoms with Gasteiger partial charge in [-0.1, -0.05) is 32.6 Å². The molecule has 23 heavy (non-hydrogen) atoms. The molecule has 5 heteroatoms. The maximum atomic E-state index is 12.8. The van der Waals surface area contributed by atoms with Crippen molar-refractivity contribution >= 4 is 11.8 Å². The van der Waals surface area contributed by atoms with Gasteiger partial charge in [0.15, 0.2) is 0 Å². The van der Waals surface area contributed by atoms with Crippen molar-refractivity contribution in [3.8, 4) is 0 Å². The molecular weight excluding hydrogens is 290 g/mol. The van der Waals surface area contributed by atoms with E-state index >= 15 is 0 Å². The number of hydrogen-bond acceptors (Lipinski definition) is 3. The fourth-order valence-electron chi connectivity index (χ4n) is 3.92. The second-order valence-corrected chi connectivity index (χ2v) is 7.11. The van der Waals surface area contributed by atoms with Crippen molar-refractivity contribution < 1.29 is 9.59 Å². The Morgan fingerprint density at radius 3 is 2.39 bits per heavy atom. The van der Waals surface area contributed by atoms with Crippen LogP contribution in [0.5, 0.6) is 0 Å². The first kappa shape index (κ1) is 18.2. The molecule has 1 saturated heterocycles. The van der Waals surface area contributed by atoms with Crippen LogP contribution < -0.4 is 11.1 Å². The Bertz CT molecular complexity index is 394. The molecule has 3 atom stereocenters. The van der Waals surface area contributed by atoms with E-state index < -0.39 is 0 Å². The summed E-state index contributed by atoms with van der Waals surface area (Å²) in [6.45, 7) is 4.35. The Kier molecular flexibility index (Phi) is 7.34. The first-order valence-electron chi connectivity index (χ1n) is 9.46. The van der Waals surface area contributed by atoms with Crippen molar-refractivity contribution in [2.45, 2.75) is 70.8 Å². The Labute approximate surface area is 140 Å². The van der Waals surface area contributed by atoms with Gasteiger partial charge in [0.1, 0.15) is 0 Å². The standard InChI is InChI=1S/C18H33N3O2/c1-2-3-8-14(13-19)20-17(22)15-9-4-5-10-16(15)18(23)21-11-6-7-12-21/h14-16H,2-13,19H2,1H3,(H,20,22). The smallest absolute Gasteiger partial charge is 0.226 e. The van der Waals surface area contributed by atoms with E-state index in [1.807, 2.05) is 4.90 Å². The third kappa shape index (κ3) is 4.93. The maximum absolute atomic E-state index is 12.8. The molecule has 5 nitrogen and oxygen atoms in total. The number of carbonyl (C=O) groups is 2. The van der Waals surface area contributed by atoms with E-state index in [2.05, 4.69) is 12.2 Å².